The van der Waals surface area contributed by atoms with Gasteiger partial charge in [0.2, 0.25) is 5.91 Å². The van der Waals surface area contributed by atoms with E-state index in [1.807, 2.05) is 12.1 Å². The maximum Gasteiger partial charge on any atom is 0.251 e. The minimum atomic E-state index is -0.0306. The third-order valence-corrected chi connectivity index (χ3v) is 6.17. The van der Waals surface area contributed by atoms with Gasteiger partial charge < -0.3 is 15.5 Å². The molecule has 2 saturated heterocycles. The highest BCUT2D eigenvalue weighted by atomic mass is 16.2. The first-order valence-electron chi connectivity index (χ1n) is 10.8. The van der Waals surface area contributed by atoms with Crippen LogP contribution >= 0.6 is 0 Å². The zero-order valence-corrected chi connectivity index (χ0v) is 16.7. The molecule has 2 heterocycles. The largest absolute Gasteiger partial charge is 0.349 e. The molecular formula is C22H32N4O2. The number of anilines is 1. The number of piperidine rings is 2. The van der Waals surface area contributed by atoms with Gasteiger partial charge in [0, 0.05) is 36.4 Å². The molecule has 152 valence electrons. The first-order chi connectivity index (χ1) is 13.7. The first-order valence-corrected chi connectivity index (χ1v) is 10.8. The van der Waals surface area contributed by atoms with Crippen LogP contribution in [0.2, 0.25) is 0 Å². The third-order valence-electron chi connectivity index (χ3n) is 6.17. The summed E-state index contributed by atoms with van der Waals surface area (Å²) in [5.74, 6) is -0.0106. The second-order valence-corrected chi connectivity index (χ2v) is 8.48. The molecule has 0 unspecified atom stereocenters. The van der Waals surface area contributed by atoms with E-state index in [-0.39, 0.29) is 11.8 Å². The Morgan fingerprint density at radius 3 is 2.21 bits per heavy atom. The van der Waals surface area contributed by atoms with E-state index in [0.29, 0.717) is 24.2 Å². The highest BCUT2D eigenvalue weighted by Crippen LogP contribution is 2.21. The maximum atomic E-state index is 12.4. The van der Waals surface area contributed by atoms with Crippen molar-refractivity contribution in [2.24, 2.45) is 0 Å². The van der Waals surface area contributed by atoms with E-state index in [2.05, 4.69) is 20.4 Å². The topological polar surface area (TPSA) is 64.7 Å². The molecule has 6 heteroatoms. The molecule has 0 aromatic heterocycles. The molecule has 0 bridgehead atoms. The lowest BCUT2D eigenvalue weighted by atomic mass is 10.00. The van der Waals surface area contributed by atoms with Gasteiger partial charge in [-0.25, -0.2) is 0 Å². The normalized spacial score (nSPS) is 22.0. The van der Waals surface area contributed by atoms with Crippen molar-refractivity contribution in [3.63, 3.8) is 0 Å². The molecule has 1 saturated carbocycles. The molecule has 1 aromatic carbocycles. The zero-order chi connectivity index (χ0) is 19.3. The number of likely N-dealkylation sites (tertiary alicyclic amines) is 2. The van der Waals surface area contributed by atoms with Crippen molar-refractivity contribution < 1.29 is 9.59 Å². The molecule has 0 spiro atoms. The molecule has 1 aromatic rings. The van der Waals surface area contributed by atoms with Crippen LogP contribution in [0.3, 0.4) is 0 Å². The fraction of sp³-hybridized carbons (Fsp3) is 0.636. The summed E-state index contributed by atoms with van der Waals surface area (Å²) in [6, 6.07) is 8.22. The summed E-state index contributed by atoms with van der Waals surface area (Å²) in [6.45, 7) is 4.93. The van der Waals surface area contributed by atoms with Crippen LogP contribution in [-0.2, 0) is 4.79 Å². The van der Waals surface area contributed by atoms with E-state index in [1.165, 1.54) is 32.4 Å². The molecule has 3 fully saturated rings. The Bertz CT molecular complexity index is 672. The van der Waals surface area contributed by atoms with Crippen molar-refractivity contribution >= 4 is 17.5 Å². The number of nitrogens with zero attached hydrogens (tertiary/aromatic N) is 2. The fourth-order valence-electron chi connectivity index (χ4n) is 4.33. The average Bonchev–Trinajstić information content (AvgIpc) is 3.54. The van der Waals surface area contributed by atoms with Crippen LogP contribution in [0.5, 0.6) is 0 Å². The number of carbonyl (C=O) groups is 2. The lowest BCUT2D eigenvalue weighted by molar-refractivity contribution is -0.117. The molecule has 2 N–H and O–H groups in total. The van der Waals surface area contributed by atoms with E-state index >= 15 is 0 Å². The van der Waals surface area contributed by atoms with Gasteiger partial charge in [0.15, 0.2) is 0 Å². The Labute approximate surface area is 167 Å². The van der Waals surface area contributed by atoms with Gasteiger partial charge in [0.25, 0.3) is 5.91 Å². The molecule has 3 aliphatic rings. The van der Waals surface area contributed by atoms with Gasteiger partial charge in [-0.1, -0.05) is 6.42 Å². The fourth-order valence-corrected chi connectivity index (χ4v) is 4.33. The number of carbonyl (C=O) groups excluding carboxylic acids is 2. The summed E-state index contributed by atoms with van der Waals surface area (Å²) in [4.78, 5) is 29.3. The summed E-state index contributed by atoms with van der Waals surface area (Å²) >= 11 is 0. The van der Waals surface area contributed by atoms with Crippen molar-refractivity contribution in [1.82, 2.24) is 15.1 Å². The maximum absolute atomic E-state index is 12.4. The summed E-state index contributed by atoms with van der Waals surface area (Å²) in [5.41, 5.74) is 1.39. The number of rotatable bonds is 6. The van der Waals surface area contributed by atoms with E-state index in [4.69, 9.17) is 0 Å². The number of hydrogen-bond acceptors (Lipinski definition) is 4. The SMILES string of the molecule is O=C(CN1CCC(N2CCCCC2)CC1)Nc1ccc(C(=O)NC2CC2)cc1. The molecular weight excluding hydrogens is 352 g/mol. The molecule has 6 nitrogen and oxygen atoms in total. The highest BCUT2D eigenvalue weighted by molar-refractivity contribution is 5.96. The number of benzene rings is 1. The van der Waals surface area contributed by atoms with Gasteiger partial charge in [0.05, 0.1) is 6.54 Å². The smallest absolute Gasteiger partial charge is 0.251 e. The predicted octanol–water partition coefficient (Wildman–Crippen LogP) is 2.47. The van der Waals surface area contributed by atoms with Gasteiger partial charge in [-0.05, 0) is 75.9 Å². The lowest BCUT2D eigenvalue weighted by Gasteiger charge is -2.40. The van der Waals surface area contributed by atoms with Gasteiger partial charge in [-0.2, -0.15) is 0 Å². The highest BCUT2D eigenvalue weighted by Gasteiger charge is 2.26. The van der Waals surface area contributed by atoms with Crippen LogP contribution in [-0.4, -0.2) is 66.4 Å². The molecule has 1 aliphatic carbocycles. The molecule has 0 radical (unpaired) electrons. The van der Waals surface area contributed by atoms with Crippen LogP contribution in [0.25, 0.3) is 0 Å². The Hall–Kier alpha value is -1.92. The summed E-state index contributed by atoms with van der Waals surface area (Å²) < 4.78 is 0. The van der Waals surface area contributed by atoms with Crippen LogP contribution in [0.1, 0.15) is 55.3 Å². The summed E-state index contributed by atoms with van der Waals surface area (Å²) in [6.07, 6.45) is 8.54. The molecule has 4 rings (SSSR count). The van der Waals surface area contributed by atoms with E-state index in [9.17, 15) is 9.59 Å². The van der Waals surface area contributed by atoms with Gasteiger partial charge in [0.1, 0.15) is 0 Å². The number of hydrogen-bond donors (Lipinski definition) is 2. The van der Waals surface area contributed by atoms with Crippen molar-refractivity contribution in [2.75, 3.05) is 38.0 Å². The van der Waals surface area contributed by atoms with Gasteiger partial charge in [-0.3, -0.25) is 14.5 Å². The van der Waals surface area contributed by atoms with E-state index in [0.717, 1.165) is 44.5 Å². The van der Waals surface area contributed by atoms with Gasteiger partial charge >= 0.3 is 0 Å². The first kappa shape index (κ1) is 19.4. The standard InChI is InChI=1S/C22H32N4O2/c27-21(16-25-14-10-20(11-15-25)26-12-2-1-3-13-26)23-18-6-4-17(5-7-18)22(28)24-19-8-9-19/h4-7,19-20H,1-3,8-16H2,(H,23,27)(H,24,28). The van der Waals surface area contributed by atoms with Crippen molar-refractivity contribution in [1.29, 1.82) is 0 Å². The molecule has 2 amide bonds. The van der Waals surface area contributed by atoms with Crippen LogP contribution in [0, 0.1) is 0 Å². The minimum absolute atomic E-state index is 0.0200. The van der Waals surface area contributed by atoms with Crippen molar-refractivity contribution in [3.05, 3.63) is 29.8 Å². The van der Waals surface area contributed by atoms with Crippen LogP contribution in [0.15, 0.2) is 24.3 Å². The third kappa shape index (κ3) is 5.32. The number of nitrogens with one attached hydrogen (secondary N) is 2. The summed E-state index contributed by atoms with van der Waals surface area (Å²) in [7, 11) is 0. The molecule has 0 atom stereocenters. The Morgan fingerprint density at radius 1 is 0.893 bits per heavy atom. The lowest BCUT2D eigenvalue weighted by Crippen LogP contribution is -2.48. The van der Waals surface area contributed by atoms with Crippen molar-refractivity contribution in [3.8, 4) is 0 Å². The second kappa shape index (κ2) is 9.05. The predicted molar refractivity (Wildman–Crippen MR) is 110 cm³/mol. The van der Waals surface area contributed by atoms with Crippen LogP contribution in [0.4, 0.5) is 5.69 Å². The zero-order valence-electron chi connectivity index (χ0n) is 16.7. The minimum Gasteiger partial charge on any atom is -0.349 e. The molecule has 28 heavy (non-hydrogen) atoms. The molecule has 2 aliphatic heterocycles. The Balaban J connectivity index is 1.19. The van der Waals surface area contributed by atoms with E-state index < -0.39 is 0 Å². The van der Waals surface area contributed by atoms with Gasteiger partial charge in [-0.15, -0.1) is 0 Å². The number of amides is 2. The van der Waals surface area contributed by atoms with Crippen molar-refractivity contribution in [2.45, 2.75) is 57.0 Å². The quantitative estimate of drug-likeness (QED) is 0.791. The Kier molecular flexibility index (Phi) is 6.27. The second-order valence-electron chi connectivity index (χ2n) is 8.48. The summed E-state index contributed by atoms with van der Waals surface area (Å²) in [5, 5.41) is 5.94. The Morgan fingerprint density at radius 2 is 1.57 bits per heavy atom. The average molecular weight is 385 g/mol. The monoisotopic (exact) mass is 384 g/mol. The van der Waals surface area contributed by atoms with E-state index in [1.54, 1.807) is 12.1 Å². The van der Waals surface area contributed by atoms with Crippen LogP contribution < -0.4 is 10.6 Å².